The molecule has 2 aromatic rings. The van der Waals surface area contributed by atoms with E-state index in [4.69, 9.17) is 10.2 Å². The maximum Gasteiger partial charge on any atom is 0.323 e. The topological polar surface area (TPSA) is 108 Å². The van der Waals surface area contributed by atoms with Gasteiger partial charge in [-0.3, -0.25) is 9.59 Å². The highest BCUT2D eigenvalue weighted by atomic mass is 16.4. The van der Waals surface area contributed by atoms with Crippen LogP contribution >= 0.6 is 0 Å². The number of carboxylic acids is 2. The van der Waals surface area contributed by atoms with Gasteiger partial charge in [-0.2, -0.15) is 5.10 Å². The Morgan fingerprint density at radius 2 is 1.89 bits per heavy atom. The third kappa shape index (κ3) is 2.54. The van der Waals surface area contributed by atoms with Crippen LogP contribution in [0.25, 0.3) is 5.65 Å². The van der Waals surface area contributed by atoms with Crippen LogP contribution in [0.5, 0.6) is 0 Å². The van der Waals surface area contributed by atoms with Crippen LogP contribution in [0, 0.1) is 0 Å². The van der Waals surface area contributed by atoms with Crippen molar-refractivity contribution >= 4 is 23.4 Å². The van der Waals surface area contributed by atoms with Crippen LogP contribution in [-0.2, 0) is 9.59 Å². The van der Waals surface area contributed by atoms with Crippen molar-refractivity contribution in [1.29, 1.82) is 0 Å². The number of carboxylic acid groups (broad SMARTS) is 2. The summed E-state index contributed by atoms with van der Waals surface area (Å²) in [6.07, 6.45) is 3.14. The Labute approximate surface area is 101 Å². The van der Waals surface area contributed by atoms with Gasteiger partial charge in [0.05, 0.1) is 6.20 Å². The molecule has 2 heterocycles. The van der Waals surface area contributed by atoms with Crippen molar-refractivity contribution in [3.05, 3.63) is 24.5 Å². The Morgan fingerprint density at radius 1 is 1.22 bits per heavy atom. The molecule has 0 radical (unpaired) electrons. The first kappa shape index (κ1) is 11.8. The second-order valence-electron chi connectivity index (χ2n) is 3.56. The normalized spacial score (nSPS) is 10.4. The summed E-state index contributed by atoms with van der Waals surface area (Å²) in [6, 6.07) is 3.16. The summed E-state index contributed by atoms with van der Waals surface area (Å²) in [7, 11) is 0. The van der Waals surface area contributed by atoms with Gasteiger partial charge in [0.1, 0.15) is 18.9 Å². The summed E-state index contributed by atoms with van der Waals surface area (Å²) < 4.78 is 1.50. The zero-order valence-electron chi connectivity index (χ0n) is 9.22. The Hall–Kier alpha value is -2.64. The monoisotopic (exact) mass is 250 g/mol. The van der Waals surface area contributed by atoms with Crippen molar-refractivity contribution in [1.82, 2.24) is 14.6 Å². The number of fused-ring (bicyclic) bond motifs is 1. The molecule has 0 aliphatic heterocycles. The van der Waals surface area contributed by atoms with E-state index in [-0.39, 0.29) is 5.82 Å². The van der Waals surface area contributed by atoms with E-state index in [0.717, 1.165) is 4.90 Å². The van der Waals surface area contributed by atoms with Crippen LogP contribution in [0.4, 0.5) is 5.82 Å². The SMILES string of the molecule is O=C(O)CN(CC(=O)O)c1ccn2nccc2n1. The third-order valence-corrected chi connectivity index (χ3v) is 2.22. The molecule has 0 saturated carbocycles. The molecule has 94 valence electrons. The molecule has 2 N–H and O–H groups in total. The summed E-state index contributed by atoms with van der Waals surface area (Å²) in [5.41, 5.74) is 0.522. The van der Waals surface area contributed by atoms with Crippen molar-refractivity contribution in [2.75, 3.05) is 18.0 Å². The fourth-order valence-electron chi connectivity index (χ4n) is 1.52. The highest BCUT2D eigenvalue weighted by molar-refractivity contribution is 5.78. The van der Waals surface area contributed by atoms with E-state index >= 15 is 0 Å². The second kappa shape index (κ2) is 4.70. The highest BCUT2D eigenvalue weighted by Gasteiger charge is 2.15. The van der Waals surface area contributed by atoms with Crippen LogP contribution in [0.2, 0.25) is 0 Å². The molecule has 0 aliphatic rings. The maximum absolute atomic E-state index is 10.7. The summed E-state index contributed by atoms with van der Waals surface area (Å²) in [5, 5.41) is 21.4. The van der Waals surface area contributed by atoms with Crippen molar-refractivity contribution in [2.45, 2.75) is 0 Å². The van der Waals surface area contributed by atoms with Crippen molar-refractivity contribution in [3.63, 3.8) is 0 Å². The lowest BCUT2D eigenvalue weighted by Gasteiger charge is -2.19. The van der Waals surface area contributed by atoms with Gasteiger partial charge in [0, 0.05) is 12.3 Å². The van der Waals surface area contributed by atoms with E-state index in [1.807, 2.05) is 0 Å². The lowest BCUT2D eigenvalue weighted by Crippen LogP contribution is -2.35. The first-order valence-corrected chi connectivity index (χ1v) is 5.05. The van der Waals surface area contributed by atoms with Gasteiger partial charge in [-0.15, -0.1) is 0 Å². The molecular weight excluding hydrogens is 240 g/mol. The molecular formula is C10H10N4O4. The summed E-state index contributed by atoms with van der Waals surface area (Å²) in [4.78, 5) is 26.7. The van der Waals surface area contributed by atoms with Gasteiger partial charge in [-0.1, -0.05) is 0 Å². The van der Waals surface area contributed by atoms with E-state index < -0.39 is 25.0 Å². The van der Waals surface area contributed by atoms with Crippen LogP contribution in [-0.4, -0.2) is 49.8 Å². The Kier molecular flexibility index (Phi) is 3.09. The van der Waals surface area contributed by atoms with Gasteiger partial charge in [-0.05, 0) is 6.07 Å². The second-order valence-corrected chi connectivity index (χ2v) is 3.56. The van der Waals surface area contributed by atoms with Crippen LogP contribution < -0.4 is 4.90 Å². The van der Waals surface area contributed by atoms with Gasteiger partial charge in [0.25, 0.3) is 0 Å². The van der Waals surface area contributed by atoms with Crippen molar-refractivity contribution < 1.29 is 19.8 Å². The van der Waals surface area contributed by atoms with Crippen molar-refractivity contribution in [3.8, 4) is 0 Å². The Bertz CT molecular complexity index is 578. The number of nitrogens with zero attached hydrogens (tertiary/aromatic N) is 4. The number of aliphatic carboxylic acids is 2. The summed E-state index contributed by atoms with van der Waals surface area (Å²) in [5.74, 6) is -1.95. The first-order chi connectivity index (χ1) is 8.56. The molecule has 0 amide bonds. The molecule has 8 heteroatoms. The summed E-state index contributed by atoms with van der Waals surface area (Å²) >= 11 is 0. The minimum atomic E-state index is -1.12. The molecule has 2 aromatic heterocycles. The molecule has 0 bridgehead atoms. The predicted molar refractivity (Wildman–Crippen MR) is 60.5 cm³/mol. The number of carbonyl (C=O) groups is 2. The van der Waals surface area contributed by atoms with Crippen LogP contribution in [0.3, 0.4) is 0 Å². The average molecular weight is 250 g/mol. The van der Waals surface area contributed by atoms with Crippen LogP contribution in [0.1, 0.15) is 0 Å². The maximum atomic E-state index is 10.7. The molecule has 18 heavy (non-hydrogen) atoms. The number of hydrogen-bond donors (Lipinski definition) is 2. The van der Waals surface area contributed by atoms with E-state index in [9.17, 15) is 9.59 Å². The highest BCUT2D eigenvalue weighted by Crippen LogP contribution is 2.11. The molecule has 2 rings (SSSR count). The van der Waals surface area contributed by atoms with E-state index in [1.165, 1.54) is 10.6 Å². The molecule has 0 atom stereocenters. The zero-order valence-corrected chi connectivity index (χ0v) is 9.22. The smallest absolute Gasteiger partial charge is 0.323 e. The van der Waals surface area contributed by atoms with E-state index in [1.54, 1.807) is 18.5 Å². The fraction of sp³-hybridized carbons (Fsp3) is 0.200. The molecule has 0 spiro atoms. The minimum Gasteiger partial charge on any atom is -0.480 e. The van der Waals surface area contributed by atoms with Gasteiger partial charge in [0.2, 0.25) is 0 Å². The van der Waals surface area contributed by atoms with Gasteiger partial charge < -0.3 is 15.1 Å². The number of hydrogen-bond acceptors (Lipinski definition) is 5. The molecule has 0 aromatic carbocycles. The molecule has 0 saturated heterocycles. The van der Waals surface area contributed by atoms with Gasteiger partial charge in [0.15, 0.2) is 5.65 Å². The Balaban J connectivity index is 2.32. The lowest BCUT2D eigenvalue weighted by atomic mass is 10.4. The summed E-state index contributed by atoms with van der Waals surface area (Å²) in [6.45, 7) is -0.854. The number of rotatable bonds is 5. The van der Waals surface area contributed by atoms with Gasteiger partial charge >= 0.3 is 11.9 Å². The predicted octanol–water partition coefficient (Wildman–Crippen LogP) is -0.295. The van der Waals surface area contributed by atoms with Gasteiger partial charge in [-0.25, -0.2) is 9.50 Å². The third-order valence-electron chi connectivity index (χ3n) is 2.22. The van der Waals surface area contributed by atoms with E-state index in [2.05, 4.69) is 10.1 Å². The van der Waals surface area contributed by atoms with E-state index in [0.29, 0.717) is 5.65 Å². The quantitative estimate of drug-likeness (QED) is 0.750. The molecule has 8 nitrogen and oxygen atoms in total. The molecule has 0 unspecified atom stereocenters. The molecule has 0 fully saturated rings. The first-order valence-electron chi connectivity index (χ1n) is 5.05. The lowest BCUT2D eigenvalue weighted by molar-refractivity contribution is -0.136. The standard InChI is InChI=1S/C10H10N4O4/c15-9(16)5-13(6-10(17)18)7-2-4-14-8(12-7)1-3-11-14/h1-4H,5-6H2,(H,15,16)(H,17,18). The minimum absolute atomic E-state index is 0.285. The fourth-order valence-corrected chi connectivity index (χ4v) is 1.52. The number of aromatic nitrogens is 3. The Morgan fingerprint density at radius 3 is 2.50 bits per heavy atom. The zero-order chi connectivity index (χ0) is 13.1. The largest absolute Gasteiger partial charge is 0.480 e. The molecule has 0 aliphatic carbocycles. The van der Waals surface area contributed by atoms with Crippen molar-refractivity contribution in [2.24, 2.45) is 0 Å². The van der Waals surface area contributed by atoms with Crippen LogP contribution in [0.15, 0.2) is 24.5 Å². The average Bonchev–Trinajstić information content (AvgIpc) is 2.73. The number of anilines is 1.